The fourth-order valence-corrected chi connectivity index (χ4v) is 1.15. The maximum absolute atomic E-state index is 4.23. The molecule has 1 aromatic rings. The van der Waals surface area contributed by atoms with Gasteiger partial charge in [-0.05, 0) is 20.0 Å². The number of aryl methyl sites for hydroxylation is 1. The van der Waals surface area contributed by atoms with E-state index in [4.69, 9.17) is 0 Å². The van der Waals surface area contributed by atoms with Crippen molar-refractivity contribution in [3.05, 3.63) is 23.5 Å². The Bertz CT molecular complexity index is 258. The Morgan fingerprint density at radius 1 is 1.42 bits per heavy atom. The van der Waals surface area contributed by atoms with Crippen LogP contribution in [0.2, 0.25) is 0 Å². The lowest BCUT2D eigenvalue weighted by atomic mass is 10.2. The third-order valence-corrected chi connectivity index (χ3v) is 1.76. The zero-order valence-electron chi connectivity index (χ0n) is 7.81. The first-order valence-electron chi connectivity index (χ1n) is 4.05. The van der Waals surface area contributed by atoms with Gasteiger partial charge in [-0.2, -0.15) is 0 Å². The predicted octanol–water partition coefficient (Wildman–Crippen LogP) is 1.15. The van der Waals surface area contributed by atoms with Crippen LogP contribution in [-0.2, 0) is 6.54 Å². The minimum atomic E-state index is 0.851. The Hall–Kier alpha value is -1.09. The molecule has 66 valence electrons. The number of hydrogen-bond donors (Lipinski definition) is 2. The zero-order valence-corrected chi connectivity index (χ0v) is 7.81. The molecule has 0 aliphatic heterocycles. The van der Waals surface area contributed by atoms with Crippen molar-refractivity contribution < 1.29 is 0 Å². The van der Waals surface area contributed by atoms with E-state index in [9.17, 15) is 0 Å². The SMILES string of the molecule is CNCc1cnc(C)cc1NC. The van der Waals surface area contributed by atoms with Crippen molar-refractivity contribution in [2.45, 2.75) is 13.5 Å². The molecule has 0 spiro atoms. The molecule has 0 aliphatic rings. The first kappa shape index (κ1) is 9.00. The Morgan fingerprint density at radius 2 is 2.17 bits per heavy atom. The summed E-state index contributed by atoms with van der Waals surface area (Å²) in [5.41, 5.74) is 3.39. The number of pyridine rings is 1. The van der Waals surface area contributed by atoms with E-state index in [0.717, 1.165) is 17.9 Å². The van der Waals surface area contributed by atoms with Gasteiger partial charge in [0, 0.05) is 36.7 Å². The van der Waals surface area contributed by atoms with Crippen LogP contribution < -0.4 is 10.6 Å². The monoisotopic (exact) mass is 165 g/mol. The molecule has 2 N–H and O–H groups in total. The van der Waals surface area contributed by atoms with Gasteiger partial charge in [0.05, 0.1) is 0 Å². The third-order valence-electron chi connectivity index (χ3n) is 1.76. The molecule has 0 saturated carbocycles. The fraction of sp³-hybridized carbons (Fsp3) is 0.444. The standard InChI is InChI=1S/C9H15N3/c1-7-4-9(11-3)8(5-10-2)6-12-7/h4,6,10H,5H2,1-3H3,(H,11,12). The summed E-state index contributed by atoms with van der Waals surface area (Å²) in [6.07, 6.45) is 1.90. The first-order valence-corrected chi connectivity index (χ1v) is 4.05. The second-order valence-corrected chi connectivity index (χ2v) is 2.76. The number of anilines is 1. The molecule has 0 bridgehead atoms. The van der Waals surface area contributed by atoms with E-state index in [2.05, 4.69) is 15.6 Å². The van der Waals surface area contributed by atoms with E-state index in [-0.39, 0.29) is 0 Å². The molecule has 0 aromatic carbocycles. The van der Waals surface area contributed by atoms with Crippen LogP contribution in [0.4, 0.5) is 5.69 Å². The normalized spacial score (nSPS) is 9.92. The minimum Gasteiger partial charge on any atom is -0.388 e. The predicted molar refractivity (Wildman–Crippen MR) is 51.3 cm³/mol. The van der Waals surface area contributed by atoms with Gasteiger partial charge in [0.25, 0.3) is 0 Å². The van der Waals surface area contributed by atoms with Gasteiger partial charge in [0.2, 0.25) is 0 Å². The van der Waals surface area contributed by atoms with Gasteiger partial charge in [-0.15, -0.1) is 0 Å². The number of hydrogen-bond acceptors (Lipinski definition) is 3. The van der Waals surface area contributed by atoms with Gasteiger partial charge in [-0.3, -0.25) is 4.98 Å². The van der Waals surface area contributed by atoms with Crippen LogP contribution in [0, 0.1) is 6.92 Å². The van der Waals surface area contributed by atoms with Gasteiger partial charge in [0.15, 0.2) is 0 Å². The molecule has 3 nitrogen and oxygen atoms in total. The molecule has 0 radical (unpaired) electrons. The van der Waals surface area contributed by atoms with Crippen LogP contribution in [0.3, 0.4) is 0 Å². The molecule has 1 heterocycles. The number of aromatic nitrogens is 1. The summed E-state index contributed by atoms with van der Waals surface area (Å²) in [6, 6.07) is 2.05. The Kier molecular flexibility index (Phi) is 3.05. The summed E-state index contributed by atoms with van der Waals surface area (Å²) in [7, 11) is 3.85. The summed E-state index contributed by atoms with van der Waals surface area (Å²) < 4.78 is 0. The van der Waals surface area contributed by atoms with Crippen LogP contribution in [-0.4, -0.2) is 19.1 Å². The van der Waals surface area contributed by atoms with E-state index >= 15 is 0 Å². The highest BCUT2D eigenvalue weighted by Crippen LogP contribution is 2.13. The molecular formula is C9H15N3. The Morgan fingerprint density at radius 3 is 2.75 bits per heavy atom. The molecule has 0 fully saturated rings. The van der Waals surface area contributed by atoms with Crippen LogP contribution in [0.25, 0.3) is 0 Å². The van der Waals surface area contributed by atoms with Crippen LogP contribution in [0.15, 0.2) is 12.3 Å². The molecule has 0 aliphatic carbocycles. The van der Waals surface area contributed by atoms with Gasteiger partial charge >= 0.3 is 0 Å². The second kappa shape index (κ2) is 4.07. The van der Waals surface area contributed by atoms with E-state index in [0.29, 0.717) is 0 Å². The van der Waals surface area contributed by atoms with Crippen molar-refractivity contribution >= 4 is 5.69 Å². The van der Waals surface area contributed by atoms with E-state index in [1.54, 1.807) is 0 Å². The van der Waals surface area contributed by atoms with Crippen molar-refractivity contribution in [3.8, 4) is 0 Å². The summed E-state index contributed by atoms with van der Waals surface area (Å²) in [4.78, 5) is 4.23. The molecule has 0 saturated heterocycles. The molecule has 3 heteroatoms. The van der Waals surface area contributed by atoms with Crippen molar-refractivity contribution in [2.24, 2.45) is 0 Å². The lowest BCUT2D eigenvalue weighted by molar-refractivity contribution is 0.813. The Labute approximate surface area is 73.2 Å². The maximum Gasteiger partial charge on any atom is 0.0416 e. The van der Waals surface area contributed by atoms with Gasteiger partial charge < -0.3 is 10.6 Å². The average Bonchev–Trinajstić information content (AvgIpc) is 2.08. The molecule has 1 aromatic heterocycles. The van der Waals surface area contributed by atoms with Crippen LogP contribution in [0.5, 0.6) is 0 Å². The lowest BCUT2D eigenvalue weighted by Crippen LogP contribution is -2.08. The Balaban J connectivity index is 2.94. The minimum absolute atomic E-state index is 0.851. The van der Waals surface area contributed by atoms with E-state index in [1.807, 2.05) is 33.3 Å². The molecule has 0 amide bonds. The highest BCUT2D eigenvalue weighted by Gasteiger charge is 1.99. The summed E-state index contributed by atoms with van der Waals surface area (Å²) in [5, 5.41) is 6.24. The van der Waals surface area contributed by atoms with Crippen molar-refractivity contribution in [1.82, 2.24) is 10.3 Å². The maximum atomic E-state index is 4.23. The highest BCUT2D eigenvalue weighted by atomic mass is 14.9. The van der Waals surface area contributed by atoms with Gasteiger partial charge in [-0.25, -0.2) is 0 Å². The molecular weight excluding hydrogens is 150 g/mol. The number of nitrogens with zero attached hydrogens (tertiary/aromatic N) is 1. The summed E-state index contributed by atoms with van der Waals surface area (Å²) >= 11 is 0. The van der Waals surface area contributed by atoms with Gasteiger partial charge in [-0.1, -0.05) is 0 Å². The fourth-order valence-electron chi connectivity index (χ4n) is 1.15. The van der Waals surface area contributed by atoms with E-state index in [1.165, 1.54) is 5.56 Å². The van der Waals surface area contributed by atoms with Crippen LogP contribution >= 0.6 is 0 Å². The average molecular weight is 165 g/mol. The lowest BCUT2D eigenvalue weighted by Gasteiger charge is -2.08. The van der Waals surface area contributed by atoms with Crippen molar-refractivity contribution in [1.29, 1.82) is 0 Å². The topological polar surface area (TPSA) is 37.0 Å². The smallest absolute Gasteiger partial charge is 0.0416 e. The quantitative estimate of drug-likeness (QED) is 0.705. The zero-order chi connectivity index (χ0) is 8.97. The number of rotatable bonds is 3. The molecule has 0 unspecified atom stereocenters. The van der Waals surface area contributed by atoms with Gasteiger partial charge in [0.1, 0.15) is 0 Å². The summed E-state index contributed by atoms with van der Waals surface area (Å²) in [6.45, 7) is 2.84. The van der Waals surface area contributed by atoms with Crippen LogP contribution in [0.1, 0.15) is 11.3 Å². The molecule has 12 heavy (non-hydrogen) atoms. The largest absolute Gasteiger partial charge is 0.388 e. The number of nitrogens with one attached hydrogen (secondary N) is 2. The third kappa shape index (κ3) is 1.95. The molecule has 1 rings (SSSR count). The van der Waals surface area contributed by atoms with Crippen molar-refractivity contribution in [3.63, 3.8) is 0 Å². The first-order chi connectivity index (χ1) is 5.77. The summed E-state index contributed by atoms with van der Waals surface area (Å²) in [5.74, 6) is 0. The van der Waals surface area contributed by atoms with E-state index < -0.39 is 0 Å². The highest BCUT2D eigenvalue weighted by molar-refractivity contribution is 5.50. The van der Waals surface area contributed by atoms with Crippen molar-refractivity contribution in [2.75, 3.05) is 19.4 Å². The molecule has 0 atom stereocenters. The second-order valence-electron chi connectivity index (χ2n) is 2.76.